The van der Waals surface area contributed by atoms with Crippen LogP contribution in [0.4, 0.5) is 0 Å². The fourth-order valence-electron chi connectivity index (χ4n) is 3.17. The Bertz CT molecular complexity index is 741. The summed E-state index contributed by atoms with van der Waals surface area (Å²) in [5.74, 6) is 0.722. The maximum absolute atomic E-state index is 12.1. The first-order valence-electron chi connectivity index (χ1n) is 8.69. The smallest absolute Gasteiger partial charge is 0.220 e. The summed E-state index contributed by atoms with van der Waals surface area (Å²) in [6.45, 7) is 2.38. The van der Waals surface area contributed by atoms with Crippen LogP contribution in [0.2, 0.25) is 0 Å². The minimum absolute atomic E-state index is 0.0433. The van der Waals surface area contributed by atoms with Gasteiger partial charge in [-0.2, -0.15) is 0 Å². The Morgan fingerprint density at radius 2 is 2.16 bits per heavy atom. The van der Waals surface area contributed by atoms with Gasteiger partial charge in [-0.05, 0) is 19.3 Å². The zero-order valence-corrected chi connectivity index (χ0v) is 14.4. The molecule has 1 fully saturated rings. The van der Waals surface area contributed by atoms with Crippen LogP contribution in [0, 0.1) is 0 Å². The van der Waals surface area contributed by atoms with Gasteiger partial charge in [-0.15, -0.1) is 0 Å². The predicted octanol–water partition coefficient (Wildman–Crippen LogP) is 2.80. The molecule has 2 N–H and O–H groups in total. The molecule has 0 spiro atoms. The number of nitrogens with one attached hydrogen (secondary N) is 2. The summed E-state index contributed by atoms with van der Waals surface area (Å²) < 4.78 is 5.32. The highest BCUT2D eigenvalue weighted by molar-refractivity contribution is 5.80. The molecular formula is C19H23N3O3. The fourth-order valence-corrected chi connectivity index (χ4v) is 3.17. The van der Waals surface area contributed by atoms with E-state index >= 15 is 0 Å². The number of amides is 2. The molecule has 0 bridgehead atoms. The van der Waals surface area contributed by atoms with Gasteiger partial charge in [0.05, 0.1) is 6.54 Å². The molecule has 6 nitrogen and oxygen atoms in total. The highest BCUT2D eigenvalue weighted by Gasteiger charge is 2.35. The number of benzene rings is 1. The molecule has 0 radical (unpaired) electrons. The second-order valence-electron chi connectivity index (χ2n) is 6.51. The highest BCUT2D eigenvalue weighted by Crippen LogP contribution is 2.28. The van der Waals surface area contributed by atoms with Gasteiger partial charge in [-0.3, -0.25) is 9.59 Å². The second kappa shape index (κ2) is 7.51. The Balaban J connectivity index is 1.48. The summed E-state index contributed by atoms with van der Waals surface area (Å²) in [5.41, 5.74) is 1.42. The van der Waals surface area contributed by atoms with Crippen LogP contribution in [0.5, 0.6) is 0 Å². The van der Waals surface area contributed by atoms with Crippen LogP contribution in [0.25, 0.3) is 11.3 Å². The van der Waals surface area contributed by atoms with Crippen molar-refractivity contribution in [2.45, 2.75) is 51.1 Å². The third-order valence-electron chi connectivity index (χ3n) is 4.83. The number of aromatic nitrogens is 1. The summed E-state index contributed by atoms with van der Waals surface area (Å²) >= 11 is 0. The highest BCUT2D eigenvalue weighted by atomic mass is 16.5. The van der Waals surface area contributed by atoms with Crippen molar-refractivity contribution in [1.82, 2.24) is 15.8 Å². The lowest BCUT2D eigenvalue weighted by atomic mass is 9.89. The van der Waals surface area contributed by atoms with Gasteiger partial charge >= 0.3 is 0 Å². The van der Waals surface area contributed by atoms with Crippen molar-refractivity contribution in [2.24, 2.45) is 0 Å². The third-order valence-corrected chi connectivity index (χ3v) is 4.83. The van der Waals surface area contributed by atoms with Gasteiger partial charge in [0.25, 0.3) is 0 Å². The molecule has 2 aromatic rings. The quantitative estimate of drug-likeness (QED) is 0.811. The SMILES string of the molecule is CC[C@@]1(CCC(=O)NCc2cc(-c3ccccc3)on2)CCC(=O)N1. The molecular weight excluding hydrogens is 318 g/mol. The first-order valence-corrected chi connectivity index (χ1v) is 8.69. The van der Waals surface area contributed by atoms with Gasteiger partial charge in [-0.1, -0.05) is 42.4 Å². The zero-order valence-electron chi connectivity index (χ0n) is 14.4. The van der Waals surface area contributed by atoms with Crippen LogP contribution < -0.4 is 10.6 Å². The minimum Gasteiger partial charge on any atom is -0.356 e. The number of hydrogen-bond acceptors (Lipinski definition) is 4. The predicted molar refractivity (Wildman–Crippen MR) is 93.4 cm³/mol. The topological polar surface area (TPSA) is 84.2 Å². The molecule has 0 unspecified atom stereocenters. The average Bonchev–Trinajstić information content (AvgIpc) is 3.26. The van der Waals surface area contributed by atoms with Crippen LogP contribution in [-0.4, -0.2) is 22.5 Å². The summed E-state index contributed by atoms with van der Waals surface area (Å²) in [5, 5.41) is 9.88. The molecule has 25 heavy (non-hydrogen) atoms. The summed E-state index contributed by atoms with van der Waals surface area (Å²) in [4.78, 5) is 23.6. The van der Waals surface area contributed by atoms with Crippen LogP contribution in [0.1, 0.15) is 44.7 Å². The Morgan fingerprint density at radius 3 is 2.84 bits per heavy atom. The zero-order chi connectivity index (χ0) is 17.7. The van der Waals surface area contributed by atoms with Crippen LogP contribution in [0.15, 0.2) is 40.9 Å². The summed E-state index contributed by atoms with van der Waals surface area (Å²) in [6.07, 6.45) is 3.25. The van der Waals surface area contributed by atoms with Crippen molar-refractivity contribution in [2.75, 3.05) is 0 Å². The van der Waals surface area contributed by atoms with Gasteiger partial charge in [0.2, 0.25) is 11.8 Å². The molecule has 0 saturated carbocycles. The number of rotatable bonds is 7. The van der Waals surface area contributed by atoms with Crippen molar-refractivity contribution < 1.29 is 14.1 Å². The monoisotopic (exact) mass is 341 g/mol. The van der Waals surface area contributed by atoms with E-state index in [-0.39, 0.29) is 17.4 Å². The molecule has 1 aromatic heterocycles. The van der Waals surface area contributed by atoms with E-state index in [1.165, 1.54) is 0 Å². The van der Waals surface area contributed by atoms with Crippen molar-refractivity contribution in [3.8, 4) is 11.3 Å². The molecule has 1 atom stereocenters. The Hall–Kier alpha value is -2.63. The molecule has 1 aromatic carbocycles. The largest absolute Gasteiger partial charge is 0.356 e. The maximum atomic E-state index is 12.1. The van der Waals surface area contributed by atoms with Crippen molar-refractivity contribution in [1.29, 1.82) is 0 Å². The third kappa shape index (κ3) is 4.26. The Labute approximate surface area is 147 Å². The Morgan fingerprint density at radius 1 is 1.36 bits per heavy atom. The van der Waals surface area contributed by atoms with Gasteiger partial charge in [0.1, 0.15) is 5.69 Å². The number of carbonyl (C=O) groups excluding carboxylic acids is 2. The van der Waals surface area contributed by atoms with Crippen molar-refractivity contribution in [3.63, 3.8) is 0 Å². The average molecular weight is 341 g/mol. The van der Waals surface area contributed by atoms with Crippen LogP contribution in [-0.2, 0) is 16.1 Å². The fraction of sp³-hybridized carbons (Fsp3) is 0.421. The molecule has 1 aliphatic heterocycles. The normalized spacial score (nSPS) is 19.6. The van der Waals surface area contributed by atoms with E-state index in [9.17, 15) is 9.59 Å². The number of nitrogens with zero attached hydrogens (tertiary/aromatic N) is 1. The van der Waals surface area contributed by atoms with E-state index < -0.39 is 0 Å². The minimum atomic E-state index is -0.219. The second-order valence-corrected chi connectivity index (χ2v) is 6.51. The number of hydrogen-bond donors (Lipinski definition) is 2. The van der Waals surface area contributed by atoms with E-state index in [0.717, 1.165) is 18.4 Å². The summed E-state index contributed by atoms with van der Waals surface area (Å²) in [6, 6.07) is 11.5. The molecule has 6 heteroatoms. The summed E-state index contributed by atoms with van der Waals surface area (Å²) in [7, 11) is 0. The van der Waals surface area contributed by atoms with Gasteiger partial charge in [-0.25, -0.2) is 0 Å². The lowest BCUT2D eigenvalue weighted by Crippen LogP contribution is -2.42. The first kappa shape index (κ1) is 17.2. The maximum Gasteiger partial charge on any atom is 0.220 e. The van der Waals surface area contributed by atoms with E-state index in [2.05, 4.69) is 15.8 Å². The van der Waals surface area contributed by atoms with E-state index in [1.54, 1.807) is 0 Å². The first-order chi connectivity index (χ1) is 12.1. The number of carbonyl (C=O) groups is 2. The molecule has 0 aliphatic carbocycles. The van der Waals surface area contributed by atoms with Gasteiger partial charge in [0.15, 0.2) is 5.76 Å². The van der Waals surface area contributed by atoms with E-state index in [0.29, 0.717) is 37.3 Å². The van der Waals surface area contributed by atoms with Crippen LogP contribution in [0.3, 0.4) is 0 Å². The molecule has 2 amide bonds. The standard InChI is InChI=1S/C19H23N3O3/c1-2-19(11-9-18(24)21-19)10-8-17(23)20-13-15-12-16(25-22-15)14-6-4-3-5-7-14/h3-7,12H,2,8-11,13H2,1H3,(H,20,23)(H,21,24)/t19-/m1/s1. The van der Waals surface area contributed by atoms with Crippen molar-refractivity contribution >= 4 is 11.8 Å². The lowest BCUT2D eigenvalue weighted by molar-refractivity contribution is -0.123. The van der Waals surface area contributed by atoms with E-state index in [1.807, 2.05) is 43.3 Å². The molecule has 1 aliphatic rings. The Kier molecular flexibility index (Phi) is 5.16. The molecule has 132 valence electrons. The van der Waals surface area contributed by atoms with E-state index in [4.69, 9.17) is 4.52 Å². The molecule has 2 heterocycles. The molecule has 3 rings (SSSR count). The van der Waals surface area contributed by atoms with Crippen LogP contribution >= 0.6 is 0 Å². The van der Waals surface area contributed by atoms with Gasteiger partial charge < -0.3 is 15.2 Å². The van der Waals surface area contributed by atoms with Crippen molar-refractivity contribution in [3.05, 3.63) is 42.1 Å². The molecule has 1 saturated heterocycles. The lowest BCUT2D eigenvalue weighted by Gasteiger charge is -2.27. The van der Waals surface area contributed by atoms with Gasteiger partial charge in [0, 0.05) is 30.0 Å².